The molecular formula is C13H10FN3. The standard InChI is InChI=1S/C13H10FN3/c14-13-7-10(9-16-17-15)6-12(8-13)11-4-2-1-3-5-11/h1-8H,9H2. The van der Waals surface area contributed by atoms with Crippen molar-refractivity contribution in [2.24, 2.45) is 5.11 Å². The molecule has 2 rings (SSSR count). The Balaban J connectivity index is 2.41. The zero-order valence-electron chi connectivity index (χ0n) is 9.05. The maximum atomic E-state index is 13.4. The SMILES string of the molecule is [N-]=[N+]=NCc1cc(F)cc(-c2ccccc2)c1. The molecule has 17 heavy (non-hydrogen) atoms. The second kappa shape index (κ2) is 5.14. The fourth-order valence-electron chi connectivity index (χ4n) is 1.65. The summed E-state index contributed by atoms with van der Waals surface area (Å²) < 4.78 is 13.4. The summed E-state index contributed by atoms with van der Waals surface area (Å²) in [5, 5.41) is 3.43. The van der Waals surface area contributed by atoms with Crippen LogP contribution < -0.4 is 0 Å². The molecule has 3 nitrogen and oxygen atoms in total. The molecule has 0 radical (unpaired) electrons. The molecule has 0 spiro atoms. The predicted molar refractivity (Wildman–Crippen MR) is 64.7 cm³/mol. The minimum absolute atomic E-state index is 0.161. The summed E-state index contributed by atoms with van der Waals surface area (Å²) in [7, 11) is 0. The number of hydrogen-bond donors (Lipinski definition) is 0. The summed E-state index contributed by atoms with van der Waals surface area (Å²) in [5.74, 6) is -0.325. The Kier molecular flexibility index (Phi) is 3.38. The van der Waals surface area contributed by atoms with Crippen LogP contribution in [-0.4, -0.2) is 0 Å². The first-order chi connectivity index (χ1) is 8.29. The van der Waals surface area contributed by atoms with E-state index in [1.54, 1.807) is 0 Å². The van der Waals surface area contributed by atoms with E-state index in [1.807, 2.05) is 36.4 Å². The molecule has 2 aromatic carbocycles. The summed E-state index contributed by atoms with van der Waals surface area (Å²) in [6.07, 6.45) is 0. The van der Waals surface area contributed by atoms with Gasteiger partial charge >= 0.3 is 0 Å². The predicted octanol–water partition coefficient (Wildman–Crippen LogP) is 4.30. The van der Waals surface area contributed by atoms with Crippen molar-refractivity contribution in [1.82, 2.24) is 0 Å². The van der Waals surface area contributed by atoms with Crippen LogP contribution in [0, 0.1) is 5.82 Å². The van der Waals surface area contributed by atoms with Crippen molar-refractivity contribution >= 4 is 0 Å². The van der Waals surface area contributed by atoms with Crippen LogP contribution in [0.4, 0.5) is 4.39 Å². The van der Waals surface area contributed by atoms with Crippen LogP contribution in [0.15, 0.2) is 53.6 Å². The van der Waals surface area contributed by atoms with Gasteiger partial charge in [0.2, 0.25) is 0 Å². The van der Waals surface area contributed by atoms with E-state index in [0.29, 0.717) is 5.56 Å². The van der Waals surface area contributed by atoms with Crippen LogP contribution in [0.1, 0.15) is 5.56 Å². The van der Waals surface area contributed by atoms with Crippen LogP contribution in [0.25, 0.3) is 21.6 Å². The van der Waals surface area contributed by atoms with Crippen molar-refractivity contribution in [2.75, 3.05) is 0 Å². The van der Waals surface area contributed by atoms with Gasteiger partial charge in [-0.2, -0.15) is 0 Å². The minimum atomic E-state index is -0.325. The zero-order chi connectivity index (χ0) is 12.1. The van der Waals surface area contributed by atoms with E-state index in [1.165, 1.54) is 12.1 Å². The van der Waals surface area contributed by atoms with Crippen LogP contribution in [0.3, 0.4) is 0 Å². The third kappa shape index (κ3) is 2.83. The molecule has 0 amide bonds. The van der Waals surface area contributed by atoms with Crippen LogP contribution >= 0.6 is 0 Å². The van der Waals surface area contributed by atoms with Gasteiger partial charge in [-0.15, -0.1) is 0 Å². The minimum Gasteiger partial charge on any atom is -0.207 e. The fraction of sp³-hybridized carbons (Fsp3) is 0.0769. The van der Waals surface area contributed by atoms with E-state index in [-0.39, 0.29) is 12.4 Å². The summed E-state index contributed by atoms with van der Waals surface area (Å²) in [5.41, 5.74) is 10.6. The summed E-state index contributed by atoms with van der Waals surface area (Å²) in [6.45, 7) is 0.161. The van der Waals surface area contributed by atoms with Crippen molar-refractivity contribution in [2.45, 2.75) is 6.54 Å². The molecular weight excluding hydrogens is 217 g/mol. The van der Waals surface area contributed by atoms with Gasteiger partial charge in [0.1, 0.15) is 5.82 Å². The number of nitrogens with zero attached hydrogens (tertiary/aromatic N) is 3. The van der Waals surface area contributed by atoms with E-state index in [4.69, 9.17) is 5.53 Å². The lowest BCUT2D eigenvalue weighted by molar-refractivity contribution is 0.626. The highest BCUT2D eigenvalue weighted by Gasteiger charge is 2.02. The monoisotopic (exact) mass is 227 g/mol. The van der Waals surface area contributed by atoms with E-state index >= 15 is 0 Å². The molecule has 0 aromatic heterocycles. The van der Waals surface area contributed by atoms with Crippen molar-refractivity contribution in [3.8, 4) is 11.1 Å². The smallest absolute Gasteiger partial charge is 0.124 e. The molecule has 0 fully saturated rings. The molecule has 0 saturated heterocycles. The molecule has 4 heteroatoms. The van der Waals surface area contributed by atoms with Gasteiger partial charge in [-0.05, 0) is 34.4 Å². The topological polar surface area (TPSA) is 48.8 Å². The highest BCUT2D eigenvalue weighted by atomic mass is 19.1. The van der Waals surface area contributed by atoms with Crippen molar-refractivity contribution < 1.29 is 4.39 Å². The quantitative estimate of drug-likeness (QED) is 0.426. The van der Waals surface area contributed by atoms with Crippen LogP contribution in [-0.2, 0) is 6.54 Å². The average Bonchev–Trinajstić information content (AvgIpc) is 2.37. The first-order valence-corrected chi connectivity index (χ1v) is 5.15. The Morgan fingerprint density at radius 2 is 1.82 bits per heavy atom. The number of halogens is 1. The van der Waals surface area contributed by atoms with Gasteiger partial charge in [0.05, 0.1) is 6.54 Å². The first kappa shape index (κ1) is 11.2. The Bertz CT molecular complexity index is 560. The van der Waals surface area contributed by atoms with Gasteiger partial charge in [0.25, 0.3) is 0 Å². The Morgan fingerprint density at radius 1 is 1.06 bits per heavy atom. The Hall–Kier alpha value is -2.32. The summed E-state index contributed by atoms with van der Waals surface area (Å²) in [6, 6.07) is 14.2. The van der Waals surface area contributed by atoms with E-state index in [2.05, 4.69) is 10.0 Å². The van der Waals surface area contributed by atoms with Gasteiger partial charge in [0, 0.05) is 4.91 Å². The first-order valence-electron chi connectivity index (χ1n) is 5.15. The van der Waals surface area contributed by atoms with Gasteiger partial charge < -0.3 is 0 Å². The molecule has 0 heterocycles. The summed E-state index contributed by atoms with van der Waals surface area (Å²) in [4.78, 5) is 2.67. The molecule has 0 unspecified atom stereocenters. The highest BCUT2D eigenvalue weighted by Crippen LogP contribution is 2.22. The molecule has 84 valence electrons. The fourth-order valence-corrected chi connectivity index (χ4v) is 1.65. The molecule has 0 bridgehead atoms. The lowest BCUT2D eigenvalue weighted by Crippen LogP contribution is -1.86. The number of rotatable bonds is 3. The molecule has 0 saturated carbocycles. The van der Waals surface area contributed by atoms with Crippen molar-refractivity contribution in [1.29, 1.82) is 0 Å². The highest BCUT2D eigenvalue weighted by molar-refractivity contribution is 5.64. The molecule has 2 aromatic rings. The largest absolute Gasteiger partial charge is 0.207 e. The third-order valence-electron chi connectivity index (χ3n) is 2.38. The maximum absolute atomic E-state index is 13.4. The summed E-state index contributed by atoms with van der Waals surface area (Å²) >= 11 is 0. The molecule has 0 N–H and O–H groups in total. The molecule has 0 aliphatic carbocycles. The normalized spacial score (nSPS) is 9.71. The lowest BCUT2D eigenvalue weighted by atomic mass is 10.0. The van der Waals surface area contributed by atoms with E-state index in [9.17, 15) is 4.39 Å². The number of benzene rings is 2. The van der Waals surface area contributed by atoms with Crippen molar-refractivity contribution in [3.05, 3.63) is 70.4 Å². The number of azide groups is 1. The zero-order valence-corrected chi connectivity index (χ0v) is 9.05. The molecule has 0 aliphatic heterocycles. The Morgan fingerprint density at radius 3 is 2.53 bits per heavy atom. The Labute approximate surface area is 98.2 Å². The second-order valence-electron chi connectivity index (χ2n) is 3.60. The van der Waals surface area contributed by atoms with Gasteiger partial charge in [0.15, 0.2) is 0 Å². The second-order valence-corrected chi connectivity index (χ2v) is 3.60. The average molecular weight is 227 g/mol. The van der Waals surface area contributed by atoms with Crippen molar-refractivity contribution in [3.63, 3.8) is 0 Å². The molecule has 0 aliphatic rings. The van der Waals surface area contributed by atoms with Gasteiger partial charge in [-0.1, -0.05) is 41.5 Å². The maximum Gasteiger partial charge on any atom is 0.124 e. The van der Waals surface area contributed by atoms with Gasteiger partial charge in [-0.3, -0.25) is 0 Å². The third-order valence-corrected chi connectivity index (χ3v) is 2.38. The molecule has 0 atom stereocenters. The van der Waals surface area contributed by atoms with Crippen LogP contribution in [0.2, 0.25) is 0 Å². The number of hydrogen-bond acceptors (Lipinski definition) is 1. The lowest BCUT2D eigenvalue weighted by Gasteiger charge is -2.04. The van der Waals surface area contributed by atoms with E-state index < -0.39 is 0 Å². The van der Waals surface area contributed by atoms with Gasteiger partial charge in [-0.25, -0.2) is 4.39 Å². The van der Waals surface area contributed by atoms with E-state index in [0.717, 1.165) is 11.1 Å². The van der Waals surface area contributed by atoms with Crippen LogP contribution in [0.5, 0.6) is 0 Å².